The number of aryl methyl sites for hydroxylation is 1. The highest BCUT2D eigenvalue weighted by molar-refractivity contribution is 5.93. The number of aromatic amines is 1. The molecule has 6 nitrogen and oxygen atoms in total. The van der Waals surface area contributed by atoms with Gasteiger partial charge in [0.1, 0.15) is 5.82 Å². The maximum Gasteiger partial charge on any atom is 0.248 e. The molecule has 36 heavy (non-hydrogen) atoms. The smallest absolute Gasteiger partial charge is 0.248 e. The van der Waals surface area contributed by atoms with Crippen molar-refractivity contribution in [2.75, 3.05) is 26.2 Å². The van der Waals surface area contributed by atoms with Gasteiger partial charge in [-0.2, -0.15) is 0 Å². The maximum atomic E-state index is 13.5. The van der Waals surface area contributed by atoms with Crippen LogP contribution in [0, 0.1) is 5.82 Å². The third kappa shape index (κ3) is 5.16. The van der Waals surface area contributed by atoms with E-state index < -0.39 is 5.91 Å². The third-order valence-corrected chi connectivity index (χ3v) is 6.91. The number of carbonyl (C=O) groups is 2. The fourth-order valence-corrected chi connectivity index (χ4v) is 4.90. The fourth-order valence-electron chi connectivity index (χ4n) is 4.90. The zero-order valence-corrected chi connectivity index (χ0v) is 20.0. The number of benzene rings is 3. The predicted octanol–water partition coefficient (Wildman–Crippen LogP) is 4.35. The van der Waals surface area contributed by atoms with Crippen LogP contribution in [0.4, 0.5) is 4.39 Å². The van der Waals surface area contributed by atoms with Crippen molar-refractivity contribution in [3.05, 3.63) is 95.3 Å². The van der Waals surface area contributed by atoms with Gasteiger partial charge in [0.25, 0.3) is 0 Å². The number of rotatable bonds is 7. The van der Waals surface area contributed by atoms with Crippen LogP contribution in [0.25, 0.3) is 22.2 Å². The van der Waals surface area contributed by atoms with Gasteiger partial charge in [-0.15, -0.1) is 0 Å². The monoisotopic (exact) mass is 484 g/mol. The fraction of sp³-hybridized carbons (Fsp3) is 0.241. The van der Waals surface area contributed by atoms with Gasteiger partial charge < -0.3 is 15.6 Å². The largest absolute Gasteiger partial charge is 0.366 e. The second kappa shape index (κ2) is 10.3. The van der Waals surface area contributed by atoms with E-state index in [4.69, 9.17) is 5.73 Å². The van der Waals surface area contributed by atoms with Crippen LogP contribution in [-0.4, -0.2) is 52.8 Å². The summed E-state index contributed by atoms with van der Waals surface area (Å²) >= 11 is 0. The molecule has 5 rings (SSSR count). The highest BCUT2D eigenvalue weighted by Gasteiger charge is 2.22. The number of nitrogens with one attached hydrogen (secondary N) is 1. The van der Waals surface area contributed by atoms with Crippen molar-refractivity contribution in [1.29, 1.82) is 0 Å². The Bertz CT molecular complexity index is 1370. The Hall–Kier alpha value is -3.97. The first-order valence-electron chi connectivity index (χ1n) is 12.2. The van der Waals surface area contributed by atoms with Crippen LogP contribution < -0.4 is 5.73 Å². The molecule has 0 unspecified atom stereocenters. The number of primary amides is 1. The number of nitrogens with zero attached hydrogens (tertiary/aromatic N) is 2. The summed E-state index contributed by atoms with van der Waals surface area (Å²) in [5, 5.41) is 1.09. The number of hydrogen-bond donors (Lipinski definition) is 2. The summed E-state index contributed by atoms with van der Waals surface area (Å²) in [6, 6.07) is 21.9. The molecular formula is C29H29FN4O2. The summed E-state index contributed by atoms with van der Waals surface area (Å²) in [6.07, 6.45) is 1.03. The Morgan fingerprint density at radius 1 is 0.889 bits per heavy atom. The Labute approximate surface area is 209 Å². The van der Waals surface area contributed by atoms with Crippen LogP contribution in [0.1, 0.15) is 27.9 Å². The molecule has 0 bridgehead atoms. The third-order valence-electron chi connectivity index (χ3n) is 6.91. The van der Waals surface area contributed by atoms with Gasteiger partial charge >= 0.3 is 0 Å². The molecule has 3 N–H and O–H groups in total. The number of nitrogens with two attached hydrogens (primary N) is 1. The molecule has 0 spiro atoms. The summed E-state index contributed by atoms with van der Waals surface area (Å²) in [4.78, 5) is 32.1. The number of amides is 2. The zero-order chi connectivity index (χ0) is 25.1. The normalized spacial score (nSPS) is 14.3. The highest BCUT2D eigenvalue weighted by Crippen LogP contribution is 2.31. The van der Waals surface area contributed by atoms with E-state index in [0.29, 0.717) is 31.5 Å². The minimum absolute atomic E-state index is 0.149. The van der Waals surface area contributed by atoms with Crippen LogP contribution >= 0.6 is 0 Å². The molecule has 2 amide bonds. The molecule has 184 valence electrons. The van der Waals surface area contributed by atoms with Gasteiger partial charge in [0.2, 0.25) is 11.8 Å². The molecule has 1 aliphatic heterocycles. The maximum absolute atomic E-state index is 13.5. The predicted molar refractivity (Wildman–Crippen MR) is 139 cm³/mol. The first-order valence-corrected chi connectivity index (χ1v) is 12.2. The Kier molecular flexibility index (Phi) is 6.82. The van der Waals surface area contributed by atoms with Crippen molar-refractivity contribution in [1.82, 2.24) is 14.8 Å². The summed E-state index contributed by atoms with van der Waals surface area (Å²) in [7, 11) is 0. The van der Waals surface area contributed by atoms with Crippen molar-refractivity contribution < 1.29 is 14.0 Å². The topological polar surface area (TPSA) is 82.4 Å². The number of carbonyl (C=O) groups excluding carboxylic acids is 2. The van der Waals surface area contributed by atoms with Gasteiger partial charge in [-0.3, -0.25) is 14.5 Å². The van der Waals surface area contributed by atoms with Crippen LogP contribution in [0.3, 0.4) is 0 Å². The molecule has 7 heteroatoms. The lowest BCUT2D eigenvalue weighted by Crippen LogP contribution is -2.48. The van der Waals surface area contributed by atoms with E-state index in [-0.39, 0.29) is 11.7 Å². The average Bonchev–Trinajstić information content (AvgIpc) is 3.27. The quantitative estimate of drug-likeness (QED) is 0.409. The minimum atomic E-state index is -0.425. The van der Waals surface area contributed by atoms with Crippen LogP contribution in [0.2, 0.25) is 0 Å². The summed E-state index contributed by atoms with van der Waals surface area (Å²) in [6.45, 7) is 3.76. The molecule has 1 fully saturated rings. The van der Waals surface area contributed by atoms with E-state index in [1.807, 2.05) is 35.2 Å². The molecule has 0 radical (unpaired) electrons. The van der Waals surface area contributed by atoms with E-state index >= 15 is 0 Å². The molecular weight excluding hydrogens is 455 g/mol. The van der Waals surface area contributed by atoms with Crippen LogP contribution in [-0.2, 0) is 17.8 Å². The molecule has 0 atom stereocenters. The Morgan fingerprint density at radius 3 is 2.28 bits per heavy atom. The van der Waals surface area contributed by atoms with E-state index in [1.54, 1.807) is 24.3 Å². The van der Waals surface area contributed by atoms with Crippen molar-refractivity contribution in [2.45, 2.75) is 19.4 Å². The Balaban J connectivity index is 1.21. The first-order chi connectivity index (χ1) is 17.5. The van der Waals surface area contributed by atoms with Gasteiger partial charge in [-0.1, -0.05) is 30.3 Å². The number of hydrogen-bond acceptors (Lipinski definition) is 3. The van der Waals surface area contributed by atoms with E-state index in [1.165, 1.54) is 12.1 Å². The van der Waals surface area contributed by atoms with Gasteiger partial charge in [0.15, 0.2) is 0 Å². The van der Waals surface area contributed by atoms with Crippen LogP contribution in [0.15, 0.2) is 72.8 Å². The van der Waals surface area contributed by atoms with Gasteiger partial charge in [-0.05, 0) is 65.6 Å². The number of para-hydroxylation sites is 1. The first kappa shape index (κ1) is 23.8. The van der Waals surface area contributed by atoms with Crippen molar-refractivity contribution in [2.24, 2.45) is 5.73 Å². The number of fused-ring (bicyclic) bond motifs is 1. The molecule has 0 saturated carbocycles. The molecule has 2 heterocycles. The number of halogens is 1. The number of piperazine rings is 1. The lowest BCUT2D eigenvalue weighted by atomic mass is 10.0. The van der Waals surface area contributed by atoms with Crippen LogP contribution in [0.5, 0.6) is 0 Å². The Morgan fingerprint density at radius 2 is 1.58 bits per heavy atom. The molecule has 1 aromatic heterocycles. The zero-order valence-electron chi connectivity index (χ0n) is 20.0. The van der Waals surface area contributed by atoms with Gasteiger partial charge in [-0.25, -0.2) is 4.39 Å². The van der Waals surface area contributed by atoms with E-state index in [0.717, 1.165) is 52.9 Å². The van der Waals surface area contributed by atoms with Crippen molar-refractivity contribution >= 4 is 22.7 Å². The van der Waals surface area contributed by atoms with E-state index in [9.17, 15) is 14.0 Å². The lowest BCUT2D eigenvalue weighted by molar-refractivity contribution is -0.132. The average molecular weight is 485 g/mol. The minimum Gasteiger partial charge on any atom is -0.366 e. The number of aromatic nitrogens is 1. The molecule has 1 saturated heterocycles. The standard InChI is InChI=1S/C29H29FN4O2/c30-23-11-9-21(10-12-23)28-25(24-3-1-2-4-26(24)32-28)13-14-27(35)34-17-15-33(16-18-34)19-20-5-7-22(8-6-20)29(31)36/h1-12,32H,13-19H2,(H2,31,36). The van der Waals surface area contributed by atoms with Crippen molar-refractivity contribution in [3.8, 4) is 11.3 Å². The number of H-pyrrole nitrogens is 1. The molecule has 0 aliphatic carbocycles. The molecule has 4 aromatic rings. The van der Waals surface area contributed by atoms with Gasteiger partial charge in [0, 0.05) is 61.3 Å². The second-order valence-electron chi connectivity index (χ2n) is 9.25. The summed E-state index contributed by atoms with van der Waals surface area (Å²) < 4.78 is 13.5. The SMILES string of the molecule is NC(=O)c1ccc(CN2CCN(C(=O)CCc3c(-c4ccc(F)cc4)[nH]c4ccccc34)CC2)cc1. The van der Waals surface area contributed by atoms with Crippen molar-refractivity contribution in [3.63, 3.8) is 0 Å². The van der Waals surface area contributed by atoms with E-state index in [2.05, 4.69) is 16.0 Å². The molecule has 3 aromatic carbocycles. The highest BCUT2D eigenvalue weighted by atomic mass is 19.1. The van der Waals surface area contributed by atoms with Gasteiger partial charge in [0.05, 0.1) is 0 Å². The summed E-state index contributed by atoms with van der Waals surface area (Å²) in [5.74, 6) is -0.546. The second-order valence-corrected chi connectivity index (χ2v) is 9.25. The summed E-state index contributed by atoms with van der Waals surface area (Å²) in [5.41, 5.74) is 10.9. The molecule has 1 aliphatic rings. The lowest BCUT2D eigenvalue weighted by Gasteiger charge is -2.35.